The number of aromatic nitrogens is 1. The van der Waals surface area contributed by atoms with Crippen LogP contribution >= 0.6 is 11.6 Å². The van der Waals surface area contributed by atoms with Gasteiger partial charge >= 0.3 is 5.97 Å². The Kier molecular flexibility index (Phi) is 6.75. The minimum Gasteiger partial charge on any atom is -0.466 e. The van der Waals surface area contributed by atoms with E-state index in [2.05, 4.69) is 10.3 Å². The Morgan fingerprint density at radius 2 is 2.17 bits per heavy atom. The molecule has 6 nitrogen and oxygen atoms in total. The first-order chi connectivity index (χ1) is 13.8. The number of carbonyl (C=O) groups excluding carboxylic acids is 2. The van der Waals surface area contributed by atoms with Crippen molar-refractivity contribution in [2.75, 3.05) is 25.1 Å². The Bertz CT molecular complexity index is 901. The number of anilines is 2. The lowest BCUT2D eigenvalue weighted by atomic mass is 9.97. The Hall–Kier alpha value is -2.60. The van der Waals surface area contributed by atoms with E-state index in [9.17, 15) is 9.59 Å². The predicted molar refractivity (Wildman–Crippen MR) is 114 cm³/mol. The van der Waals surface area contributed by atoms with E-state index in [0.717, 1.165) is 23.5 Å². The molecule has 0 radical (unpaired) electrons. The molecule has 1 amide bonds. The van der Waals surface area contributed by atoms with E-state index >= 15 is 0 Å². The molecule has 7 heteroatoms. The first kappa shape index (κ1) is 21.1. The van der Waals surface area contributed by atoms with Crippen molar-refractivity contribution in [1.29, 1.82) is 0 Å². The van der Waals surface area contributed by atoms with Crippen LogP contribution in [0.25, 0.3) is 0 Å². The van der Waals surface area contributed by atoms with Gasteiger partial charge in [0.05, 0.1) is 18.6 Å². The number of carbonyl (C=O) groups is 2. The van der Waals surface area contributed by atoms with E-state index < -0.39 is 0 Å². The van der Waals surface area contributed by atoms with Crippen molar-refractivity contribution in [3.8, 4) is 0 Å². The summed E-state index contributed by atoms with van der Waals surface area (Å²) in [7, 11) is 1.92. The molecule has 3 rings (SSSR count). The molecule has 154 valence electrons. The lowest BCUT2D eigenvalue weighted by molar-refractivity contribution is -0.149. The maximum atomic E-state index is 12.8. The topological polar surface area (TPSA) is 71.5 Å². The number of esters is 1. The highest BCUT2D eigenvalue weighted by Gasteiger charge is 2.23. The minimum atomic E-state index is -0.201. The Balaban J connectivity index is 1.77. The van der Waals surface area contributed by atoms with Gasteiger partial charge in [-0.1, -0.05) is 31.5 Å². The van der Waals surface area contributed by atoms with E-state index in [-0.39, 0.29) is 23.7 Å². The SMILES string of the molecule is CC(C)c1cc(N(C)c2cccc(Cl)c2)ncc1C(=O)NCC1CCOC(=O)C1. The highest BCUT2D eigenvalue weighted by Crippen LogP contribution is 2.28. The first-order valence-corrected chi connectivity index (χ1v) is 10.2. The number of benzene rings is 1. The summed E-state index contributed by atoms with van der Waals surface area (Å²) in [5.74, 6) is 0.631. The summed E-state index contributed by atoms with van der Waals surface area (Å²) >= 11 is 6.10. The molecule has 1 atom stereocenters. The zero-order chi connectivity index (χ0) is 21.0. The zero-order valence-electron chi connectivity index (χ0n) is 16.9. The molecule has 29 heavy (non-hydrogen) atoms. The summed E-state index contributed by atoms with van der Waals surface area (Å²) in [6.45, 7) is 4.97. The van der Waals surface area contributed by atoms with Crippen LogP contribution in [-0.4, -0.2) is 37.1 Å². The van der Waals surface area contributed by atoms with Gasteiger partial charge in [0.2, 0.25) is 0 Å². The second-order valence-corrected chi connectivity index (χ2v) is 8.05. The minimum absolute atomic E-state index is 0.115. The van der Waals surface area contributed by atoms with Gasteiger partial charge in [-0.3, -0.25) is 9.59 Å². The van der Waals surface area contributed by atoms with Crippen LogP contribution in [0.15, 0.2) is 36.5 Å². The third-order valence-corrected chi connectivity index (χ3v) is 5.36. The van der Waals surface area contributed by atoms with E-state index in [1.807, 2.05) is 56.1 Å². The summed E-state index contributed by atoms with van der Waals surface area (Å²) in [6.07, 6.45) is 2.74. The smallest absolute Gasteiger partial charge is 0.306 e. The van der Waals surface area contributed by atoms with E-state index in [0.29, 0.717) is 30.2 Å². The molecule has 1 saturated heterocycles. The maximum absolute atomic E-state index is 12.8. The molecule has 0 bridgehead atoms. The number of cyclic esters (lactones) is 1. The normalized spacial score (nSPS) is 16.4. The molecule has 1 aliphatic heterocycles. The van der Waals surface area contributed by atoms with Crippen LogP contribution in [0.5, 0.6) is 0 Å². The number of halogens is 1. The number of pyridine rings is 1. The van der Waals surface area contributed by atoms with E-state index in [1.54, 1.807) is 6.20 Å². The summed E-state index contributed by atoms with van der Waals surface area (Å²) < 4.78 is 4.95. The number of amides is 1. The third-order valence-electron chi connectivity index (χ3n) is 5.12. The average Bonchev–Trinajstić information content (AvgIpc) is 2.71. The van der Waals surface area contributed by atoms with E-state index in [4.69, 9.17) is 16.3 Å². The summed E-state index contributed by atoms with van der Waals surface area (Å²) in [5.41, 5.74) is 2.40. The van der Waals surface area contributed by atoms with Crippen LogP contribution in [0, 0.1) is 5.92 Å². The highest BCUT2D eigenvalue weighted by atomic mass is 35.5. The standard InChI is InChI=1S/C22H26ClN3O3/c1-14(2)18-11-20(26(3)17-6-4-5-16(23)10-17)24-13-19(18)22(28)25-12-15-7-8-29-21(27)9-15/h4-6,10-11,13-15H,7-9,12H2,1-3H3,(H,25,28). The fourth-order valence-electron chi connectivity index (χ4n) is 3.37. The van der Waals surface area contributed by atoms with Gasteiger partial charge in [0.15, 0.2) is 0 Å². The van der Waals surface area contributed by atoms with Crippen molar-refractivity contribution in [3.05, 3.63) is 52.7 Å². The number of nitrogens with zero attached hydrogens (tertiary/aromatic N) is 2. The number of ether oxygens (including phenoxy) is 1. The van der Waals surface area contributed by atoms with Crippen molar-refractivity contribution >= 4 is 35.0 Å². The molecule has 1 unspecified atom stereocenters. The van der Waals surface area contributed by atoms with Crippen LogP contribution in [-0.2, 0) is 9.53 Å². The lowest BCUT2D eigenvalue weighted by Crippen LogP contribution is -2.34. The van der Waals surface area contributed by atoms with Gasteiger partial charge < -0.3 is 15.0 Å². The van der Waals surface area contributed by atoms with Crippen LogP contribution in [0.1, 0.15) is 48.5 Å². The van der Waals surface area contributed by atoms with Gasteiger partial charge in [0.25, 0.3) is 5.91 Å². The largest absolute Gasteiger partial charge is 0.466 e. The molecule has 2 heterocycles. The summed E-state index contributed by atoms with van der Waals surface area (Å²) in [4.78, 5) is 30.6. The molecule has 0 aliphatic carbocycles. The Morgan fingerprint density at radius 1 is 1.38 bits per heavy atom. The predicted octanol–water partition coefficient (Wildman–Crippen LogP) is 4.31. The first-order valence-electron chi connectivity index (χ1n) is 9.78. The summed E-state index contributed by atoms with van der Waals surface area (Å²) in [5, 5.41) is 3.61. The van der Waals surface area contributed by atoms with Gasteiger partial charge in [-0.05, 0) is 48.1 Å². The molecule has 0 spiro atoms. The van der Waals surface area contributed by atoms with Crippen LogP contribution in [0.2, 0.25) is 5.02 Å². The maximum Gasteiger partial charge on any atom is 0.306 e. The van der Waals surface area contributed by atoms with E-state index in [1.165, 1.54) is 0 Å². The molecule has 1 aliphatic rings. The number of hydrogen-bond donors (Lipinski definition) is 1. The highest BCUT2D eigenvalue weighted by molar-refractivity contribution is 6.30. The molecule has 0 saturated carbocycles. The monoisotopic (exact) mass is 415 g/mol. The Labute approximate surface area is 176 Å². The molecular formula is C22H26ClN3O3. The third kappa shape index (κ3) is 5.26. The van der Waals surface area contributed by atoms with Crippen LogP contribution in [0.3, 0.4) is 0 Å². The van der Waals surface area contributed by atoms with Gasteiger partial charge in [0.1, 0.15) is 5.82 Å². The van der Waals surface area contributed by atoms with Crippen LogP contribution < -0.4 is 10.2 Å². The molecule has 1 N–H and O–H groups in total. The van der Waals surface area contributed by atoms with Crippen LogP contribution in [0.4, 0.5) is 11.5 Å². The van der Waals surface area contributed by atoms with Crippen molar-refractivity contribution in [3.63, 3.8) is 0 Å². The fraction of sp³-hybridized carbons (Fsp3) is 0.409. The number of hydrogen-bond acceptors (Lipinski definition) is 5. The van der Waals surface area contributed by atoms with Crippen molar-refractivity contribution in [2.45, 2.75) is 32.6 Å². The van der Waals surface area contributed by atoms with Gasteiger partial charge in [-0.25, -0.2) is 4.98 Å². The van der Waals surface area contributed by atoms with Crippen molar-refractivity contribution in [2.24, 2.45) is 5.92 Å². The molecule has 1 aromatic carbocycles. The zero-order valence-corrected chi connectivity index (χ0v) is 17.7. The molecule has 2 aromatic rings. The van der Waals surface area contributed by atoms with Crippen molar-refractivity contribution < 1.29 is 14.3 Å². The average molecular weight is 416 g/mol. The number of nitrogens with one attached hydrogen (secondary N) is 1. The van der Waals surface area contributed by atoms with Gasteiger partial charge in [-0.15, -0.1) is 0 Å². The number of rotatable bonds is 6. The quantitative estimate of drug-likeness (QED) is 0.712. The second-order valence-electron chi connectivity index (χ2n) is 7.61. The molecule has 1 aromatic heterocycles. The molecular weight excluding hydrogens is 390 g/mol. The lowest BCUT2D eigenvalue weighted by Gasteiger charge is -2.23. The van der Waals surface area contributed by atoms with Gasteiger partial charge in [0, 0.05) is 30.5 Å². The Morgan fingerprint density at radius 3 is 2.86 bits per heavy atom. The molecule has 1 fully saturated rings. The van der Waals surface area contributed by atoms with Crippen molar-refractivity contribution in [1.82, 2.24) is 10.3 Å². The van der Waals surface area contributed by atoms with Gasteiger partial charge in [-0.2, -0.15) is 0 Å². The summed E-state index contributed by atoms with van der Waals surface area (Å²) in [6, 6.07) is 9.48. The second kappa shape index (κ2) is 9.27. The fourth-order valence-corrected chi connectivity index (χ4v) is 3.55.